The third-order valence-electron chi connectivity index (χ3n) is 4.10. The van der Waals surface area contributed by atoms with Crippen molar-refractivity contribution in [1.29, 1.82) is 0 Å². The molecule has 2 heterocycles. The van der Waals surface area contributed by atoms with Gasteiger partial charge in [0.15, 0.2) is 0 Å². The summed E-state index contributed by atoms with van der Waals surface area (Å²) in [7, 11) is 0. The highest BCUT2D eigenvalue weighted by Gasteiger charge is 2.29. The van der Waals surface area contributed by atoms with Gasteiger partial charge in [0.1, 0.15) is 5.60 Å². The molecule has 0 spiro atoms. The number of likely N-dealkylation sites (tertiary alicyclic amines) is 1. The molecule has 1 aromatic carbocycles. The fraction of sp³-hybridized carbons (Fsp3) is 0.474. The third kappa shape index (κ3) is 3.78. The summed E-state index contributed by atoms with van der Waals surface area (Å²) in [5.74, 6) is 0. The Bertz CT molecular complexity index is 752. The molecule has 1 saturated heterocycles. The minimum atomic E-state index is -0.457. The number of benzene rings is 1. The normalized spacial score (nSPS) is 18.0. The van der Waals surface area contributed by atoms with Crippen molar-refractivity contribution < 1.29 is 9.53 Å². The zero-order valence-corrected chi connectivity index (χ0v) is 14.8. The molecule has 1 aliphatic heterocycles. The summed E-state index contributed by atoms with van der Waals surface area (Å²) in [6.45, 7) is 9.13. The van der Waals surface area contributed by atoms with Gasteiger partial charge in [0.05, 0.1) is 5.52 Å². The van der Waals surface area contributed by atoms with Gasteiger partial charge in [0.25, 0.3) is 0 Å². The molecular formula is C19H25N3O2. The number of hydrogen-bond acceptors (Lipinski definition) is 4. The van der Waals surface area contributed by atoms with Crippen LogP contribution in [0.15, 0.2) is 30.5 Å². The summed E-state index contributed by atoms with van der Waals surface area (Å²) in [5.41, 5.74) is 2.80. The molecule has 1 N–H and O–H groups in total. The molecule has 0 bridgehead atoms. The molecule has 5 heteroatoms. The Kier molecular flexibility index (Phi) is 4.35. The van der Waals surface area contributed by atoms with E-state index in [-0.39, 0.29) is 12.1 Å². The van der Waals surface area contributed by atoms with Gasteiger partial charge in [-0.1, -0.05) is 11.6 Å². The van der Waals surface area contributed by atoms with Gasteiger partial charge < -0.3 is 15.0 Å². The van der Waals surface area contributed by atoms with E-state index in [1.54, 1.807) is 4.90 Å². The van der Waals surface area contributed by atoms with Crippen LogP contribution < -0.4 is 5.32 Å². The van der Waals surface area contributed by atoms with E-state index in [9.17, 15) is 4.79 Å². The average molecular weight is 327 g/mol. The molecule has 0 saturated carbocycles. The molecule has 0 radical (unpaired) electrons. The van der Waals surface area contributed by atoms with Gasteiger partial charge >= 0.3 is 6.09 Å². The zero-order chi connectivity index (χ0) is 17.3. The van der Waals surface area contributed by atoms with Crippen molar-refractivity contribution in [3.05, 3.63) is 36.0 Å². The predicted molar refractivity (Wildman–Crippen MR) is 96.3 cm³/mol. The van der Waals surface area contributed by atoms with Crippen molar-refractivity contribution in [3.8, 4) is 0 Å². The molecule has 3 rings (SSSR count). The van der Waals surface area contributed by atoms with Crippen LogP contribution in [0.25, 0.3) is 10.9 Å². The smallest absolute Gasteiger partial charge is 0.410 e. The maximum atomic E-state index is 12.2. The van der Waals surface area contributed by atoms with Crippen LogP contribution in [0, 0.1) is 6.92 Å². The largest absolute Gasteiger partial charge is 0.444 e. The van der Waals surface area contributed by atoms with Crippen molar-refractivity contribution in [2.75, 3.05) is 18.4 Å². The Morgan fingerprint density at radius 3 is 2.88 bits per heavy atom. The fourth-order valence-corrected chi connectivity index (χ4v) is 2.98. The van der Waals surface area contributed by atoms with E-state index < -0.39 is 5.60 Å². The van der Waals surface area contributed by atoms with Gasteiger partial charge in [-0.25, -0.2) is 4.79 Å². The Hall–Kier alpha value is -2.30. The lowest BCUT2D eigenvalue weighted by Crippen LogP contribution is -2.36. The van der Waals surface area contributed by atoms with E-state index in [2.05, 4.69) is 29.4 Å². The number of aromatic nitrogens is 1. The van der Waals surface area contributed by atoms with E-state index in [1.165, 1.54) is 5.56 Å². The maximum absolute atomic E-state index is 12.2. The van der Waals surface area contributed by atoms with Gasteiger partial charge in [0, 0.05) is 36.4 Å². The molecule has 1 aromatic heterocycles. The Balaban J connectivity index is 1.70. The summed E-state index contributed by atoms with van der Waals surface area (Å²) in [6, 6.07) is 8.48. The second kappa shape index (κ2) is 6.30. The van der Waals surface area contributed by atoms with Crippen LogP contribution in [-0.4, -0.2) is 40.7 Å². The Morgan fingerprint density at radius 2 is 2.12 bits per heavy atom. The molecule has 1 fully saturated rings. The molecule has 0 unspecified atom stereocenters. The number of ether oxygens (including phenoxy) is 1. The van der Waals surface area contributed by atoms with Gasteiger partial charge in [-0.3, -0.25) is 4.98 Å². The highest BCUT2D eigenvalue weighted by atomic mass is 16.6. The van der Waals surface area contributed by atoms with Gasteiger partial charge in [0.2, 0.25) is 0 Å². The van der Waals surface area contributed by atoms with Crippen molar-refractivity contribution in [2.24, 2.45) is 0 Å². The van der Waals surface area contributed by atoms with Crippen molar-refractivity contribution in [1.82, 2.24) is 9.88 Å². The summed E-state index contributed by atoms with van der Waals surface area (Å²) in [5, 5.41) is 4.69. The molecule has 2 aromatic rings. The number of aryl methyl sites for hydroxylation is 1. The first kappa shape index (κ1) is 16.6. The fourth-order valence-electron chi connectivity index (χ4n) is 2.98. The standard InChI is InChI=1S/C19H25N3O2/c1-13-5-6-16-15(11-13)17(7-9-20-16)21-14-8-10-22(12-14)18(23)24-19(2,3)4/h5-7,9,11,14H,8,10,12H2,1-4H3,(H,20,21)/t14-/m1/s1. The number of pyridine rings is 1. The second-order valence-corrected chi connectivity index (χ2v) is 7.44. The molecule has 0 aliphatic carbocycles. The lowest BCUT2D eigenvalue weighted by Gasteiger charge is -2.24. The molecule has 5 nitrogen and oxygen atoms in total. The van der Waals surface area contributed by atoms with E-state index in [0.29, 0.717) is 13.1 Å². The first-order valence-electron chi connectivity index (χ1n) is 8.42. The number of amides is 1. The topological polar surface area (TPSA) is 54.5 Å². The van der Waals surface area contributed by atoms with Crippen LogP contribution in [-0.2, 0) is 4.74 Å². The van der Waals surface area contributed by atoms with Crippen molar-refractivity contribution in [2.45, 2.75) is 45.8 Å². The number of rotatable bonds is 2. The number of anilines is 1. The van der Waals surface area contributed by atoms with E-state index in [4.69, 9.17) is 4.74 Å². The van der Waals surface area contributed by atoms with Crippen molar-refractivity contribution >= 4 is 22.7 Å². The van der Waals surface area contributed by atoms with Crippen LogP contribution in [0.3, 0.4) is 0 Å². The number of carbonyl (C=O) groups is 1. The number of carbonyl (C=O) groups excluding carboxylic acids is 1. The molecule has 1 amide bonds. The summed E-state index contributed by atoms with van der Waals surface area (Å²) >= 11 is 0. The first-order valence-corrected chi connectivity index (χ1v) is 8.42. The van der Waals surface area contributed by atoms with Crippen molar-refractivity contribution in [3.63, 3.8) is 0 Å². The van der Waals surface area contributed by atoms with Gasteiger partial charge in [-0.15, -0.1) is 0 Å². The highest BCUT2D eigenvalue weighted by Crippen LogP contribution is 2.25. The highest BCUT2D eigenvalue weighted by molar-refractivity contribution is 5.91. The number of fused-ring (bicyclic) bond motifs is 1. The molecular weight excluding hydrogens is 302 g/mol. The molecule has 1 aliphatic rings. The SMILES string of the molecule is Cc1ccc2nccc(N[C@@H]3CCN(C(=O)OC(C)(C)C)C3)c2c1. The molecule has 128 valence electrons. The average Bonchev–Trinajstić information content (AvgIpc) is 2.95. The first-order chi connectivity index (χ1) is 11.3. The summed E-state index contributed by atoms with van der Waals surface area (Å²) in [4.78, 5) is 18.4. The monoisotopic (exact) mass is 327 g/mol. The third-order valence-corrected chi connectivity index (χ3v) is 4.10. The van der Waals surface area contributed by atoms with E-state index >= 15 is 0 Å². The second-order valence-electron chi connectivity index (χ2n) is 7.44. The minimum absolute atomic E-state index is 0.226. The number of nitrogens with one attached hydrogen (secondary N) is 1. The van der Waals surface area contributed by atoms with Crippen LogP contribution in [0.1, 0.15) is 32.8 Å². The van der Waals surface area contributed by atoms with Gasteiger partial charge in [-0.05, 0) is 52.3 Å². The quantitative estimate of drug-likeness (QED) is 0.907. The molecule has 1 atom stereocenters. The van der Waals surface area contributed by atoms with E-state index in [1.807, 2.05) is 39.1 Å². The zero-order valence-electron chi connectivity index (χ0n) is 14.8. The minimum Gasteiger partial charge on any atom is -0.444 e. The van der Waals surface area contributed by atoms with Crippen LogP contribution >= 0.6 is 0 Å². The number of nitrogens with zero attached hydrogens (tertiary/aromatic N) is 2. The van der Waals surface area contributed by atoms with Gasteiger partial charge in [-0.2, -0.15) is 0 Å². The van der Waals surface area contributed by atoms with Crippen LogP contribution in [0.2, 0.25) is 0 Å². The lowest BCUT2D eigenvalue weighted by atomic mass is 10.1. The predicted octanol–water partition coefficient (Wildman–Crippen LogP) is 3.96. The Labute approximate surface area is 143 Å². The Morgan fingerprint density at radius 1 is 1.33 bits per heavy atom. The van der Waals surface area contributed by atoms with E-state index in [0.717, 1.165) is 23.0 Å². The van der Waals surface area contributed by atoms with Crippen LogP contribution in [0.4, 0.5) is 10.5 Å². The lowest BCUT2D eigenvalue weighted by molar-refractivity contribution is 0.0293. The summed E-state index contributed by atoms with van der Waals surface area (Å²) < 4.78 is 5.46. The van der Waals surface area contributed by atoms with Crippen LogP contribution in [0.5, 0.6) is 0 Å². The number of hydrogen-bond donors (Lipinski definition) is 1. The molecule has 24 heavy (non-hydrogen) atoms. The summed E-state index contributed by atoms with van der Waals surface area (Å²) in [6.07, 6.45) is 2.50. The maximum Gasteiger partial charge on any atom is 0.410 e.